The molecular weight excluding hydrogens is 308 g/mol. The fourth-order valence-electron chi connectivity index (χ4n) is 2.41. The lowest BCUT2D eigenvalue weighted by Crippen LogP contribution is -2.44. The summed E-state index contributed by atoms with van der Waals surface area (Å²) in [7, 11) is 0. The number of carbonyl (C=O) groups excluding carboxylic acids is 1. The van der Waals surface area contributed by atoms with Gasteiger partial charge in [0.25, 0.3) is 0 Å². The molecule has 1 heterocycles. The summed E-state index contributed by atoms with van der Waals surface area (Å²) in [6, 6.07) is 5.66. The van der Waals surface area contributed by atoms with Gasteiger partial charge in [-0.3, -0.25) is 4.79 Å². The van der Waals surface area contributed by atoms with Crippen LogP contribution < -0.4 is 10.2 Å². The summed E-state index contributed by atoms with van der Waals surface area (Å²) in [5.74, 6) is 0.0528. The van der Waals surface area contributed by atoms with E-state index in [1.165, 1.54) is 0 Å². The fraction of sp³-hybridized carbons (Fsp3) is 0.500. The number of aliphatic hydroxyl groups excluding tert-OH is 1. The van der Waals surface area contributed by atoms with Crippen molar-refractivity contribution in [1.29, 1.82) is 0 Å². The maximum Gasteiger partial charge on any atom is 0.244 e. The number of anilines is 1. The van der Waals surface area contributed by atoms with Gasteiger partial charge in [-0.15, -0.1) is 0 Å². The van der Waals surface area contributed by atoms with Gasteiger partial charge in [-0.1, -0.05) is 15.9 Å². The zero-order valence-electron chi connectivity index (χ0n) is 11.0. The van der Waals surface area contributed by atoms with E-state index in [1.54, 1.807) is 0 Å². The first-order valence-electron chi connectivity index (χ1n) is 6.55. The van der Waals surface area contributed by atoms with Gasteiger partial charge in [-0.05, 0) is 50.1 Å². The van der Waals surface area contributed by atoms with Crippen LogP contribution in [0.25, 0.3) is 0 Å². The first-order valence-corrected chi connectivity index (χ1v) is 7.34. The summed E-state index contributed by atoms with van der Waals surface area (Å²) in [5.41, 5.74) is 2.03. The molecular formula is C14H19BrN2O2. The second kappa shape index (κ2) is 6.50. The molecule has 1 atom stereocenters. The Kier molecular flexibility index (Phi) is 4.96. The van der Waals surface area contributed by atoms with Crippen molar-refractivity contribution < 1.29 is 9.90 Å². The average molecular weight is 327 g/mol. The molecule has 2 N–H and O–H groups in total. The van der Waals surface area contributed by atoms with Gasteiger partial charge < -0.3 is 15.3 Å². The summed E-state index contributed by atoms with van der Waals surface area (Å²) >= 11 is 3.44. The third kappa shape index (κ3) is 3.35. The van der Waals surface area contributed by atoms with E-state index in [4.69, 9.17) is 5.11 Å². The van der Waals surface area contributed by atoms with Gasteiger partial charge in [0.15, 0.2) is 0 Å². The normalized spacial score (nSPS) is 20.5. The van der Waals surface area contributed by atoms with E-state index < -0.39 is 0 Å². The molecule has 1 aromatic rings. The topological polar surface area (TPSA) is 52.6 Å². The van der Waals surface area contributed by atoms with Crippen molar-refractivity contribution in [3.8, 4) is 0 Å². The fourth-order valence-corrected chi connectivity index (χ4v) is 2.89. The summed E-state index contributed by atoms with van der Waals surface area (Å²) < 4.78 is 1.01. The highest BCUT2D eigenvalue weighted by molar-refractivity contribution is 9.10. The van der Waals surface area contributed by atoms with Crippen LogP contribution in [0.4, 0.5) is 5.69 Å². The van der Waals surface area contributed by atoms with Crippen molar-refractivity contribution in [2.45, 2.75) is 25.8 Å². The Balaban J connectivity index is 2.28. The van der Waals surface area contributed by atoms with Gasteiger partial charge in [-0.25, -0.2) is 0 Å². The molecule has 1 fully saturated rings. The van der Waals surface area contributed by atoms with Crippen molar-refractivity contribution >= 4 is 27.5 Å². The highest BCUT2D eigenvalue weighted by Gasteiger charge is 2.27. The molecule has 1 saturated heterocycles. The van der Waals surface area contributed by atoms with E-state index in [9.17, 15) is 4.79 Å². The molecule has 0 bridgehead atoms. The van der Waals surface area contributed by atoms with Gasteiger partial charge in [0.05, 0.1) is 6.04 Å². The van der Waals surface area contributed by atoms with Crippen molar-refractivity contribution in [2.75, 3.05) is 24.6 Å². The number of halogens is 1. The molecule has 0 saturated carbocycles. The number of nitrogens with zero attached hydrogens (tertiary/aromatic N) is 1. The van der Waals surface area contributed by atoms with Crippen LogP contribution in [0.1, 0.15) is 18.4 Å². The van der Waals surface area contributed by atoms with Gasteiger partial charge in [0.2, 0.25) is 5.91 Å². The molecule has 4 nitrogen and oxygen atoms in total. The van der Waals surface area contributed by atoms with Crippen LogP contribution in [-0.4, -0.2) is 36.8 Å². The van der Waals surface area contributed by atoms with Gasteiger partial charge in [-0.2, -0.15) is 0 Å². The number of carbonyl (C=O) groups is 1. The number of hydrogen-bond acceptors (Lipinski definition) is 3. The van der Waals surface area contributed by atoms with Crippen molar-refractivity contribution in [3.63, 3.8) is 0 Å². The highest BCUT2D eigenvalue weighted by atomic mass is 79.9. The molecule has 0 aliphatic carbocycles. The lowest BCUT2D eigenvalue weighted by molar-refractivity contribution is -0.120. The standard InChI is InChI=1S/C14H19BrN2O2/c1-10-9-11(15)3-4-13(10)17-7-2-6-16-12(5-8-18)14(17)19/h3-4,9,12,16,18H,2,5-8H2,1H3. The predicted octanol–water partition coefficient (Wildman–Crippen LogP) is 1.83. The number of aryl methyl sites for hydroxylation is 1. The lowest BCUT2D eigenvalue weighted by atomic mass is 10.1. The van der Waals surface area contributed by atoms with E-state index in [-0.39, 0.29) is 18.6 Å². The van der Waals surface area contributed by atoms with Gasteiger partial charge in [0.1, 0.15) is 0 Å². The Labute approximate surface area is 121 Å². The quantitative estimate of drug-likeness (QED) is 0.891. The van der Waals surface area contributed by atoms with E-state index in [0.29, 0.717) is 6.42 Å². The molecule has 1 aromatic carbocycles. The van der Waals surface area contributed by atoms with Crippen molar-refractivity contribution in [2.24, 2.45) is 0 Å². The lowest BCUT2D eigenvalue weighted by Gasteiger charge is -2.25. The van der Waals surface area contributed by atoms with Crippen LogP contribution in [0.2, 0.25) is 0 Å². The Morgan fingerprint density at radius 1 is 1.53 bits per heavy atom. The first-order chi connectivity index (χ1) is 9.13. The largest absolute Gasteiger partial charge is 0.396 e. The highest BCUT2D eigenvalue weighted by Crippen LogP contribution is 2.25. The summed E-state index contributed by atoms with van der Waals surface area (Å²) in [5, 5.41) is 12.3. The predicted molar refractivity (Wildman–Crippen MR) is 79.3 cm³/mol. The Hall–Kier alpha value is -0.910. The molecule has 1 aliphatic heterocycles. The molecule has 1 aliphatic rings. The van der Waals surface area contributed by atoms with Crippen molar-refractivity contribution in [3.05, 3.63) is 28.2 Å². The minimum atomic E-state index is -0.282. The van der Waals surface area contributed by atoms with Crippen LogP contribution in [-0.2, 0) is 4.79 Å². The molecule has 0 spiro atoms. The Morgan fingerprint density at radius 3 is 3.00 bits per heavy atom. The van der Waals surface area contributed by atoms with E-state index in [0.717, 1.165) is 35.2 Å². The molecule has 104 valence electrons. The summed E-state index contributed by atoms with van der Waals surface area (Å²) in [6.45, 7) is 3.56. The second-order valence-electron chi connectivity index (χ2n) is 4.79. The van der Waals surface area contributed by atoms with Crippen LogP contribution in [0.5, 0.6) is 0 Å². The third-order valence-electron chi connectivity index (χ3n) is 3.38. The number of hydrogen-bond donors (Lipinski definition) is 2. The molecule has 0 aromatic heterocycles. The minimum Gasteiger partial charge on any atom is -0.396 e. The second-order valence-corrected chi connectivity index (χ2v) is 5.71. The maximum absolute atomic E-state index is 12.5. The van der Waals surface area contributed by atoms with Crippen LogP contribution in [0, 0.1) is 6.92 Å². The molecule has 0 radical (unpaired) electrons. The number of benzene rings is 1. The molecule has 2 rings (SSSR count). The van der Waals surface area contributed by atoms with Crippen LogP contribution in [0.15, 0.2) is 22.7 Å². The number of amides is 1. The zero-order chi connectivity index (χ0) is 13.8. The van der Waals surface area contributed by atoms with Crippen molar-refractivity contribution in [1.82, 2.24) is 5.32 Å². The maximum atomic E-state index is 12.5. The van der Waals surface area contributed by atoms with Gasteiger partial charge >= 0.3 is 0 Å². The van der Waals surface area contributed by atoms with Crippen LogP contribution in [0.3, 0.4) is 0 Å². The smallest absolute Gasteiger partial charge is 0.244 e. The molecule has 1 amide bonds. The Morgan fingerprint density at radius 2 is 2.32 bits per heavy atom. The number of aliphatic hydroxyl groups is 1. The van der Waals surface area contributed by atoms with E-state index in [2.05, 4.69) is 21.2 Å². The minimum absolute atomic E-state index is 0.0244. The first kappa shape index (κ1) is 14.5. The monoisotopic (exact) mass is 326 g/mol. The zero-order valence-corrected chi connectivity index (χ0v) is 12.6. The van der Waals surface area contributed by atoms with Gasteiger partial charge in [0, 0.05) is 23.3 Å². The number of rotatable bonds is 3. The SMILES string of the molecule is Cc1cc(Br)ccc1N1CCCNC(CCO)C1=O. The Bertz CT molecular complexity index is 465. The molecule has 19 heavy (non-hydrogen) atoms. The summed E-state index contributed by atoms with van der Waals surface area (Å²) in [6.07, 6.45) is 1.38. The third-order valence-corrected chi connectivity index (χ3v) is 3.87. The molecule has 1 unspecified atom stereocenters. The average Bonchev–Trinajstić information content (AvgIpc) is 2.54. The van der Waals surface area contributed by atoms with Crippen LogP contribution >= 0.6 is 15.9 Å². The van der Waals surface area contributed by atoms with E-state index >= 15 is 0 Å². The van der Waals surface area contributed by atoms with E-state index in [1.807, 2.05) is 30.0 Å². The summed E-state index contributed by atoms with van der Waals surface area (Å²) in [4.78, 5) is 14.3. The number of nitrogens with one attached hydrogen (secondary N) is 1. The molecule has 5 heteroatoms.